The highest BCUT2D eigenvalue weighted by molar-refractivity contribution is 8.04. The van der Waals surface area contributed by atoms with Crippen molar-refractivity contribution in [2.75, 3.05) is 10.2 Å². The summed E-state index contributed by atoms with van der Waals surface area (Å²) in [5, 5.41) is 3.22. The molecule has 1 aliphatic heterocycles. The van der Waals surface area contributed by atoms with Gasteiger partial charge in [0.1, 0.15) is 10.6 Å². The zero-order valence-electron chi connectivity index (χ0n) is 20.0. The number of ether oxygens (including phenoxy) is 1. The fraction of sp³-hybridized carbons (Fsp3) is 0.179. The van der Waals surface area contributed by atoms with Crippen LogP contribution in [0.5, 0.6) is 0 Å². The zero-order valence-corrected chi connectivity index (χ0v) is 20.8. The van der Waals surface area contributed by atoms with E-state index in [1.807, 2.05) is 62.4 Å². The van der Waals surface area contributed by atoms with Gasteiger partial charge in [-0.2, -0.15) is 0 Å². The molecule has 1 aliphatic rings. The molecule has 0 aliphatic carbocycles. The van der Waals surface area contributed by atoms with Gasteiger partial charge in [-0.3, -0.25) is 9.59 Å². The van der Waals surface area contributed by atoms with Crippen LogP contribution in [-0.2, 0) is 14.3 Å². The van der Waals surface area contributed by atoms with Crippen molar-refractivity contribution in [1.82, 2.24) is 0 Å². The standard InChI is InChI=1S/C28H26N2O4S/c1-17(2)34-28(33)20-13-15-21(16-14-20)30-26(31)24(29-23-12-8-9-18(3)19(23)4)25(27(30)32)35-22-10-6-5-7-11-22/h5-17,29H,1-4H3. The lowest BCUT2D eigenvalue weighted by Crippen LogP contribution is -2.32. The van der Waals surface area contributed by atoms with Crippen molar-refractivity contribution >= 4 is 40.9 Å². The number of benzene rings is 3. The summed E-state index contributed by atoms with van der Waals surface area (Å²) >= 11 is 1.24. The number of carbonyl (C=O) groups is 3. The van der Waals surface area contributed by atoms with E-state index in [9.17, 15) is 14.4 Å². The first-order valence-electron chi connectivity index (χ1n) is 11.3. The van der Waals surface area contributed by atoms with Gasteiger partial charge in [0.05, 0.1) is 17.4 Å². The fourth-order valence-corrected chi connectivity index (χ4v) is 4.55. The zero-order chi connectivity index (χ0) is 25.1. The molecule has 1 N–H and O–H groups in total. The Hall–Kier alpha value is -3.84. The number of carbonyl (C=O) groups excluding carboxylic acids is 3. The van der Waals surface area contributed by atoms with Gasteiger partial charge in [-0.15, -0.1) is 0 Å². The topological polar surface area (TPSA) is 75.7 Å². The highest BCUT2D eigenvalue weighted by Crippen LogP contribution is 2.38. The average molecular weight is 487 g/mol. The van der Waals surface area contributed by atoms with Crippen molar-refractivity contribution in [2.45, 2.75) is 38.7 Å². The van der Waals surface area contributed by atoms with Gasteiger partial charge in [-0.25, -0.2) is 9.69 Å². The minimum absolute atomic E-state index is 0.223. The molecule has 3 aromatic carbocycles. The number of esters is 1. The third kappa shape index (κ3) is 5.15. The number of hydrogen-bond donors (Lipinski definition) is 1. The second-order valence-corrected chi connectivity index (χ2v) is 9.52. The summed E-state index contributed by atoms with van der Waals surface area (Å²) in [6.07, 6.45) is -0.246. The molecule has 0 unspecified atom stereocenters. The first-order chi connectivity index (χ1) is 16.8. The molecule has 2 amide bonds. The summed E-state index contributed by atoms with van der Waals surface area (Å²) < 4.78 is 5.22. The monoisotopic (exact) mass is 486 g/mol. The van der Waals surface area contributed by atoms with E-state index in [0.29, 0.717) is 16.2 Å². The van der Waals surface area contributed by atoms with Crippen molar-refractivity contribution in [3.63, 3.8) is 0 Å². The molecule has 3 aromatic rings. The molecule has 0 spiro atoms. The summed E-state index contributed by atoms with van der Waals surface area (Å²) in [6.45, 7) is 7.51. The molecular formula is C28H26N2O4S. The van der Waals surface area contributed by atoms with Crippen molar-refractivity contribution in [3.8, 4) is 0 Å². The Bertz CT molecular complexity index is 1310. The Labute approximate surface area is 209 Å². The molecule has 0 atom stereocenters. The molecule has 4 rings (SSSR count). The van der Waals surface area contributed by atoms with Gasteiger partial charge >= 0.3 is 5.97 Å². The van der Waals surface area contributed by atoms with E-state index in [2.05, 4.69) is 5.32 Å². The largest absolute Gasteiger partial charge is 0.459 e. The number of nitrogens with zero attached hydrogens (tertiary/aromatic N) is 1. The van der Waals surface area contributed by atoms with Crippen LogP contribution >= 0.6 is 11.8 Å². The van der Waals surface area contributed by atoms with Crippen LogP contribution in [0.4, 0.5) is 11.4 Å². The fourth-order valence-electron chi connectivity index (χ4n) is 3.61. The minimum atomic E-state index is -0.457. The van der Waals surface area contributed by atoms with Crippen LogP contribution < -0.4 is 10.2 Å². The molecule has 0 saturated heterocycles. The predicted octanol–water partition coefficient (Wildman–Crippen LogP) is 5.86. The minimum Gasteiger partial charge on any atom is -0.459 e. The van der Waals surface area contributed by atoms with Crippen LogP contribution in [0.1, 0.15) is 35.3 Å². The molecule has 35 heavy (non-hydrogen) atoms. The van der Waals surface area contributed by atoms with E-state index >= 15 is 0 Å². The Morgan fingerprint density at radius 1 is 0.886 bits per heavy atom. The number of rotatable bonds is 7. The highest BCUT2D eigenvalue weighted by atomic mass is 32.2. The van der Waals surface area contributed by atoms with Crippen LogP contribution in [0.2, 0.25) is 0 Å². The Balaban J connectivity index is 1.69. The molecule has 7 heteroatoms. The predicted molar refractivity (Wildman–Crippen MR) is 138 cm³/mol. The molecular weight excluding hydrogens is 460 g/mol. The van der Waals surface area contributed by atoms with E-state index in [0.717, 1.165) is 26.6 Å². The second-order valence-electron chi connectivity index (χ2n) is 8.44. The lowest BCUT2D eigenvalue weighted by molar-refractivity contribution is -0.120. The Morgan fingerprint density at radius 2 is 1.57 bits per heavy atom. The number of amides is 2. The molecule has 0 aromatic heterocycles. The third-order valence-electron chi connectivity index (χ3n) is 5.57. The summed E-state index contributed by atoms with van der Waals surface area (Å²) in [7, 11) is 0. The molecule has 178 valence electrons. The third-order valence-corrected chi connectivity index (χ3v) is 6.66. The number of aryl methyl sites for hydroxylation is 1. The maximum absolute atomic E-state index is 13.6. The number of nitrogens with one attached hydrogen (secondary N) is 1. The van der Waals surface area contributed by atoms with Crippen molar-refractivity contribution in [3.05, 3.63) is 100 Å². The molecule has 0 bridgehead atoms. The lowest BCUT2D eigenvalue weighted by Gasteiger charge is -2.16. The van der Waals surface area contributed by atoms with Crippen LogP contribution in [0.15, 0.2) is 88.3 Å². The summed E-state index contributed by atoms with van der Waals surface area (Å²) in [4.78, 5) is 41.6. The van der Waals surface area contributed by atoms with E-state index < -0.39 is 17.8 Å². The maximum atomic E-state index is 13.6. The SMILES string of the molecule is Cc1cccc(NC2=C(Sc3ccccc3)C(=O)N(c3ccc(C(=O)OC(C)C)cc3)C2=O)c1C. The average Bonchev–Trinajstić information content (AvgIpc) is 3.06. The van der Waals surface area contributed by atoms with E-state index in [-0.39, 0.29) is 11.8 Å². The van der Waals surface area contributed by atoms with Crippen molar-refractivity contribution in [1.29, 1.82) is 0 Å². The van der Waals surface area contributed by atoms with Crippen molar-refractivity contribution in [2.24, 2.45) is 0 Å². The van der Waals surface area contributed by atoms with Gasteiger partial charge in [0.15, 0.2) is 0 Å². The van der Waals surface area contributed by atoms with Gasteiger partial charge in [0.25, 0.3) is 11.8 Å². The Morgan fingerprint density at radius 3 is 2.23 bits per heavy atom. The summed E-state index contributed by atoms with van der Waals surface area (Å²) in [5.41, 5.74) is 3.79. The van der Waals surface area contributed by atoms with Crippen LogP contribution in [0, 0.1) is 13.8 Å². The van der Waals surface area contributed by atoms with E-state index in [4.69, 9.17) is 4.74 Å². The lowest BCUT2D eigenvalue weighted by atomic mass is 10.1. The van der Waals surface area contributed by atoms with Gasteiger partial charge in [0, 0.05) is 10.6 Å². The van der Waals surface area contributed by atoms with Gasteiger partial charge in [0.2, 0.25) is 0 Å². The Kier molecular flexibility index (Phi) is 7.07. The smallest absolute Gasteiger partial charge is 0.338 e. The van der Waals surface area contributed by atoms with Gasteiger partial charge in [-0.1, -0.05) is 42.1 Å². The normalized spacial score (nSPS) is 13.6. The summed E-state index contributed by atoms with van der Waals surface area (Å²) in [5.74, 6) is -1.33. The van der Waals surface area contributed by atoms with Gasteiger partial charge in [-0.05, 0) is 81.3 Å². The van der Waals surface area contributed by atoms with Gasteiger partial charge < -0.3 is 10.1 Å². The van der Waals surface area contributed by atoms with E-state index in [1.54, 1.807) is 38.1 Å². The maximum Gasteiger partial charge on any atom is 0.338 e. The molecule has 0 saturated carbocycles. The molecule has 1 heterocycles. The van der Waals surface area contributed by atoms with Crippen LogP contribution in [0.3, 0.4) is 0 Å². The second kappa shape index (κ2) is 10.2. The van der Waals surface area contributed by atoms with Crippen LogP contribution in [0.25, 0.3) is 0 Å². The summed E-state index contributed by atoms with van der Waals surface area (Å²) in [6, 6.07) is 21.5. The first kappa shape index (κ1) is 24.3. The number of hydrogen-bond acceptors (Lipinski definition) is 6. The molecule has 6 nitrogen and oxygen atoms in total. The van der Waals surface area contributed by atoms with E-state index in [1.165, 1.54) is 11.8 Å². The molecule has 0 fully saturated rings. The van der Waals surface area contributed by atoms with Crippen molar-refractivity contribution < 1.29 is 19.1 Å². The first-order valence-corrected chi connectivity index (χ1v) is 12.1. The van der Waals surface area contributed by atoms with Crippen LogP contribution in [-0.4, -0.2) is 23.9 Å². The quantitative estimate of drug-likeness (QED) is 0.333. The number of thioether (sulfide) groups is 1. The highest BCUT2D eigenvalue weighted by Gasteiger charge is 2.40. The number of imide groups is 1. The number of anilines is 2. The molecule has 0 radical (unpaired) electrons.